The van der Waals surface area contributed by atoms with Crippen molar-refractivity contribution in [2.24, 2.45) is 0 Å². The van der Waals surface area contributed by atoms with Crippen molar-refractivity contribution in [3.8, 4) is 0 Å². The Morgan fingerprint density at radius 3 is 3.00 bits per heavy atom. The van der Waals surface area contributed by atoms with Gasteiger partial charge in [-0.1, -0.05) is 0 Å². The molecule has 1 saturated heterocycles. The highest BCUT2D eigenvalue weighted by Crippen LogP contribution is 2.31. The lowest BCUT2D eigenvalue weighted by Crippen LogP contribution is -2.44. The average molecular weight is 285 g/mol. The lowest BCUT2D eigenvalue weighted by molar-refractivity contribution is 0.0984. The Hall–Kier alpha value is -2.13. The summed E-state index contributed by atoms with van der Waals surface area (Å²) in [5.41, 5.74) is 1.24. The molecule has 0 bridgehead atoms. The molecule has 6 heteroatoms. The summed E-state index contributed by atoms with van der Waals surface area (Å²) in [7, 11) is 0. The number of rotatable bonds is 2. The number of anilines is 1. The normalized spacial score (nSPS) is 19.7. The number of ether oxygens (including phenoxy) is 1. The van der Waals surface area contributed by atoms with E-state index in [1.54, 1.807) is 17.0 Å². The third-order valence-electron chi connectivity index (χ3n) is 3.98. The van der Waals surface area contributed by atoms with Crippen molar-refractivity contribution in [2.45, 2.75) is 32.4 Å². The van der Waals surface area contributed by atoms with Crippen LogP contribution in [0.3, 0.4) is 0 Å². The third kappa shape index (κ3) is 2.34. The zero-order valence-electron chi connectivity index (χ0n) is 12.6. The number of hydrogen-bond donors (Lipinski definition) is 0. The maximum atomic E-state index is 7.47. The Morgan fingerprint density at radius 2 is 2.29 bits per heavy atom. The molecule has 0 amide bonds. The van der Waals surface area contributed by atoms with Gasteiger partial charge in [0.15, 0.2) is 5.82 Å². The minimum absolute atomic E-state index is 0.274. The van der Waals surface area contributed by atoms with Crippen molar-refractivity contribution in [1.29, 1.82) is 0 Å². The molecule has 1 aliphatic rings. The Kier molecular flexibility index (Phi) is 3.30. The Morgan fingerprint density at radius 1 is 1.48 bits per heavy atom. The van der Waals surface area contributed by atoms with E-state index in [9.17, 15) is 0 Å². The third-order valence-corrected chi connectivity index (χ3v) is 3.98. The molecule has 3 rings (SSSR count). The molecule has 0 unspecified atom stereocenters. The van der Waals surface area contributed by atoms with Gasteiger partial charge < -0.3 is 14.5 Å². The van der Waals surface area contributed by atoms with Gasteiger partial charge in [-0.15, -0.1) is 5.10 Å². The van der Waals surface area contributed by atoms with Crippen molar-refractivity contribution in [2.75, 3.05) is 24.7 Å². The van der Waals surface area contributed by atoms with Gasteiger partial charge in [0.2, 0.25) is 0 Å². The van der Waals surface area contributed by atoms with Gasteiger partial charge in [0.1, 0.15) is 6.33 Å². The van der Waals surface area contributed by atoms with Crippen molar-refractivity contribution in [1.82, 2.24) is 14.6 Å². The fraction of sp³-hybridized carbons (Fsp3) is 0.533. The summed E-state index contributed by atoms with van der Waals surface area (Å²) in [6.07, 6.45) is 3.45. The van der Waals surface area contributed by atoms with Crippen LogP contribution in [0.5, 0.6) is 0 Å². The van der Waals surface area contributed by atoms with Crippen LogP contribution in [0, 0.1) is 6.57 Å². The molecule has 0 radical (unpaired) electrons. The summed E-state index contributed by atoms with van der Waals surface area (Å²) in [5.74, 6) is 0.878. The lowest BCUT2D eigenvalue weighted by Gasteiger charge is -2.34. The number of morpholine rings is 1. The molecule has 0 N–H and O–H groups in total. The molecule has 0 aromatic carbocycles. The van der Waals surface area contributed by atoms with Crippen LogP contribution in [0.25, 0.3) is 10.4 Å². The van der Waals surface area contributed by atoms with Gasteiger partial charge in [0, 0.05) is 20.4 Å². The van der Waals surface area contributed by atoms with Crippen LogP contribution in [-0.4, -0.2) is 40.4 Å². The largest absolute Gasteiger partial charge is 0.377 e. The van der Waals surface area contributed by atoms with E-state index < -0.39 is 5.54 Å². The highest BCUT2D eigenvalue weighted by molar-refractivity contribution is 5.61. The summed E-state index contributed by atoms with van der Waals surface area (Å²) in [6, 6.07) is 2.30. The van der Waals surface area contributed by atoms with E-state index in [0.717, 1.165) is 23.4 Å². The van der Waals surface area contributed by atoms with E-state index in [1.807, 2.05) is 19.9 Å². The standard InChI is InChI=1S/C15H19N5O/c1-11-9-21-6-5-19(11)14-7-12(15(2,3)16-4)13-8-17-10-20(13)18-14/h7-8,10-11H,5-6,9H2,1-3H3/t11-/m1/s1. The maximum absolute atomic E-state index is 7.47. The number of hydrogen-bond acceptors (Lipinski definition) is 4. The summed E-state index contributed by atoms with van der Waals surface area (Å²) < 4.78 is 7.25. The van der Waals surface area contributed by atoms with Crippen molar-refractivity contribution in [3.05, 3.63) is 35.6 Å². The number of fused-ring (bicyclic) bond motifs is 1. The quantitative estimate of drug-likeness (QED) is 0.793. The highest BCUT2D eigenvalue weighted by atomic mass is 16.5. The Bertz CT molecular complexity index is 700. The molecule has 0 aliphatic carbocycles. The lowest BCUT2D eigenvalue weighted by atomic mass is 9.95. The van der Waals surface area contributed by atoms with Gasteiger partial charge in [-0.3, -0.25) is 0 Å². The molecule has 1 aliphatic heterocycles. The van der Waals surface area contributed by atoms with Crippen LogP contribution in [-0.2, 0) is 10.3 Å². The van der Waals surface area contributed by atoms with Gasteiger partial charge in [-0.25, -0.2) is 16.1 Å². The molecule has 3 heterocycles. The second-order valence-electron chi connectivity index (χ2n) is 5.93. The van der Waals surface area contributed by atoms with Crippen LogP contribution in [0.1, 0.15) is 26.3 Å². The van der Waals surface area contributed by atoms with Gasteiger partial charge in [0.05, 0.1) is 36.5 Å². The number of nitrogens with zero attached hydrogens (tertiary/aromatic N) is 5. The molecular weight excluding hydrogens is 266 g/mol. The van der Waals surface area contributed by atoms with Gasteiger partial charge in [-0.05, 0) is 13.0 Å². The van der Waals surface area contributed by atoms with Crippen LogP contribution in [0.15, 0.2) is 18.6 Å². The zero-order valence-corrected chi connectivity index (χ0v) is 12.6. The Labute approximate surface area is 124 Å². The number of aromatic nitrogens is 3. The molecule has 6 nitrogen and oxygen atoms in total. The zero-order chi connectivity index (χ0) is 15.0. The first kappa shape index (κ1) is 13.8. The van der Waals surface area contributed by atoms with E-state index in [2.05, 4.69) is 26.8 Å². The monoisotopic (exact) mass is 285 g/mol. The number of imidazole rings is 1. The molecule has 1 atom stereocenters. The molecular formula is C15H19N5O. The predicted octanol–water partition coefficient (Wildman–Crippen LogP) is 2.11. The molecule has 2 aromatic rings. The van der Waals surface area contributed by atoms with Crippen molar-refractivity contribution in [3.63, 3.8) is 0 Å². The van der Waals surface area contributed by atoms with Crippen LogP contribution >= 0.6 is 0 Å². The van der Waals surface area contributed by atoms with Gasteiger partial charge in [-0.2, -0.15) is 0 Å². The predicted molar refractivity (Wildman–Crippen MR) is 80.2 cm³/mol. The summed E-state index contributed by atoms with van der Waals surface area (Å²) >= 11 is 0. The minimum atomic E-state index is -0.603. The molecule has 1 fully saturated rings. The fourth-order valence-corrected chi connectivity index (χ4v) is 2.66. The second-order valence-corrected chi connectivity index (χ2v) is 5.93. The van der Waals surface area contributed by atoms with Gasteiger partial charge >= 0.3 is 0 Å². The fourth-order valence-electron chi connectivity index (χ4n) is 2.66. The van der Waals surface area contributed by atoms with Crippen LogP contribution < -0.4 is 4.90 Å². The molecule has 0 saturated carbocycles. The van der Waals surface area contributed by atoms with E-state index in [0.29, 0.717) is 13.2 Å². The van der Waals surface area contributed by atoms with E-state index in [1.165, 1.54) is 0 Å². The molecule has 0 spiro atoms. The first-order valence-electron chi connectivity index (χ1n) is 7.10. The van der Waals surface area contributed by atoms with Crippen LogP contribution in [0.2, 0.25) is 0 Å². The van der Waals surface area contributed by atoms with Crippen molar-refractivity contribution < 1.29 is 4.74 Å². The van der Waals surface area contributed by atoms with E-state index >= 15 is 0 Å². The average Bonchev–Trinajstić information content (AvgIpc) is 2.94. The second kappa shape index (κ2) is 5.01. The van der Waals surface area contributed by atoms with E-state index in [4.69, 9.17) is 11.3 Å². The highest BCUT2D eigenvalue weighted by Gasteiger charge is 2.31. The summed E-state index contributed by atoms with van der Waals surface area (Å²) in [4.78, 5) is 10.2. The first-order chi connectivity index (χ1) is 10.0. The van der Waals surface area contributed by atoms with Crippen molar-refractivity contribution >= 4 is 11.3 Å². The topological polar surface area (TPSA) is 47.0 Å². The molecule has 110 valence electrons. The first-order valence-corrected chi connectivity index (χ1v) is 7.10. The van der Waals surface area contributed by atoms with Crippen LogP contribution in [0.4, 0.5) is 5.82 Å². The van der Waals surface area contributed by atoms with Gasteiger partial charge in [0.25, 0.3) is 5.54 Å². The summed E-state index contributed by atoms with van der Waals surface area (Å²) in [5, 5.41) is 4.64. The SMILES string of the molecule is [C-]#[N+]C(C)(C)c1cc(N2CCOC[C@H]2C)nn2cncc12. The minimum Gasteiger partial charge on any atom is -0.377 e. The molecule has 2 aromatic heterocycles. The molecule has 21 heavy (non-hydrogen) atoms. The maximum Gasteiger partial charge on any atom is 0.254 e. The van der Waals surface area contributed by atoms with E-state index in [-0.39, 0.29) is 6.04 Å². The summed E-state index contributed by atoms with van der Waals surface area (Å²) in [6.45, 7) is 15.7. The smallest absolute Gasteiger partial charge is 0.254 e. The Balaban J connectivity index is 2.15.